The molecule has 1 aromatic heterocycles. The van der Waals surface area contributed by atoms with Gasteiger partial charge in [0.1, 0.15) is 5.75 Å². The van der Waals surface area contributed by atoms with E-state index in [4.69, 9.17) is 5.11 Å². The van der Waals surface area contributed by atoms with E-state index in [0.29, 0.717) is 37.1 Å². The van der Waals surface area contributed by atoms with Gasteiger partial charge in [-0.3, -0.25) is 9.59 Å². The summed E-state index contributed by atoms with van der Waals surface area (Å²) in [5.41, 5.74) is 1.21. The first-order chi connectivity index (χ1) is 13.3. The van der Waals surface area contributed by atoms with E-state index >= 15 is 0 Å². The molecule has 0 aliphatic heterocycles. The molecule has 0 unspecified atom stereocenters. The van der Waals surface area contributed by atoms with Crippen LogP contribution < -0.4 is 10.1 Å². The van der Waals surface area contributed by atoms with Gasteiger partial charge in [0.25, 0.3) is 5.91 Å². The molecule has 8 nitrogen and oxygen atoms in total. The predicted molar refractivity (Wildman–Crippen MR) is 93.6 cm³/mol. The maximum atomic E-state index is 12.5. The Balaban J connectivity index is 1.65. The fraction of sp³-hybridized carbons (Fsp3) is 0.444. The highest BCUT2D eigenvalue weighted by Crippen LogP contribution is 2.25. The van der Waals surface area contributed by atoms with Gasteiger partial charge in [0.15, 0.2) is 5.69 Å². The van der Waals surface area contributed by atoms with Gasteiger partial charge >= 0.3 is 12.6 Å². The lowest BCUT2D eigenvalue weighted by molar-refractivity contribution is -0.142. The number of alkyl halides is 2. The molecule has 2 aromatic rings. The zero-order valence-electron chi connectivity index (χ0n) is 15.1. The average molecular weight is 394 g/mol. The number of hydrogen-bond acceptors (Lipinski definition) is 5. The van der Waals surface area contributed by atoms with E-state index in [1.54, 1.807) is 6.92 Å². The van der Waals surface area contributed by atoms with Crippen LogP contribution in [0.15, 0.2) is 24.3 Å². The Labute approximate surface area is 159 Å². The minimum absolute atomic E-state index is 0.0199. The van der Waals surface area contributed by atoms with Gasteiger partial charge in [-0.25, -0.2) is 4.68 Å². The van der Waals surface area contributed by atoms with Crippen LogP contribution in [0, 0.1) is 12.8 Å². The van der Waals surface area contributed by atoms with Crippen LogP contribution in [0.1, 0.15) is 41.9 Å². The lowest BCUT2D eigenvalue weighted by Gasteiger charge is -2.26. The minimum atomic E-state index is -2.90. The van der Waals surface area contributed by atoms with Crippen LogP contribution in [0.5, 0.6) is 5.75 Å². The number of carbonyl (C=O) groups is 2. The van der Waals surface area contributed by atoms with Crippen LogP contribution in [0.4, 0.5) is 8.78 Å². The molecule has 1 aliphatic rings. The first-order valence-corrected chi connectivity index (χ1v) is 8.86. The van der Waals surface area contributed by atoms with Gasteiger partial charge in [-0.15, -0.1) is 5.10 Å². The van der Waals surface area contributed by atoms with Crippen LogP contribution in [0.2, 0.25) is 0 Å². The third kappa shape index (κ3) is 4.44. The van der Waals surface area contributed by atoms with Crippen molar-refractivity contribution in [3.63, 3.8) is 0 Å². The number of nitrogens with zero attached hydrogens (tertiary/aromatic N) is 3. The summed E-state index contributed by atoms with van der Waals surface area (Å²) in [5.74, 6) is -1.51. The van der Waals surface area contributed by atoms with Gasteiger partial charge in [0, 0.05) is 6.04 Å². The van der Waals surface area contributed by atoms with Crippen LogP contribution in [0.3, 0.4) is 0 Å². The van der Waals surface area contributed by atoms with Gasteiger partial charge in [-0.2, -0.15) is 8.78 Å². The molecular formula is C18H20F2N4O4. The van der Waals surface area contributed by atoms with E-state index in [2.05, 4.69) is 20.4 Å². The Kier molecular flexibility index (Phi) is 5.86. The summed E-state index contributed by atoms with van der Waals surface area (Å²) in [7, 11) is 0. The SMILES string of the molecule is Cc1c(C(=O)NC2CCC(C(=O)O)CC2)nnn1-c1ccc(OC(F)F)cc1. The van der Waals surface area contributed by atoms with Crippen molar-refractivity contribution in [3.05, 3.63) is 35.7 Å². The average Bonchev–Trinajstić information content (AvgIpc) is 3.04. The predicted octanol–water partition coefficient (Wildman–Crippen LogP) is 2.55. The Bertz CT molecular complexity index is 846. The largest absolute Gasteiger partial charge is 0.481 e. The van der Waals surface area contributed by atoms with Gasteiger partial charge in [0.2, 0.25) is 0 Å². The zero-order valence-corrected chi connectivity index (χ0v) is 15.1. The number of carbonyl (C=O) groups excluding carboxylic acids is 1. The normalized spacial score (nSPS) is 19.4. The van der Waals surface area contributed by atoms with Gasteiger partial charge < -0.3 is 15.2 Å². The second kappa shape index (κ2) is 8.32. The number of hydrogen-bond donors (Lipinski definition) is 2. The van der Waals surface area contributed by atoms with Crippen molar-refractivity contribution in [2.75, 3.05) is 0 Å². The molecule has 150 valence electrons. The number of nitrogens with one attached hydrogen (secondary N) is 1. The molecule has 1 aromatic carbocycles. The van der Waals surface area contributed by atoms with Gasteiger partial charge in [-0.05, 0) is 56.9 Å². The topological polar surface area (TPSA) is 106 Å². The van der Waals surface area contributed by atoms with Gasteiger partial charge in [0.05, 0.1) is 17.3 Å². The maximum Gasteiger partial charge on any atom is 0.387 e. The molecule has 3 rings (SSSR count). The summed E-state index contributed by atoms with van der Waals surface area (Å²) in [6.07, 6.45) is 2.25. The van der Waals surface area contributed by atoms with Crippen LogP contribution in [-0.2, 0) is 4.79 Å². The molecular weight excluding hydrogens is 374 g/mol. The second-order valence-electron chi connectivity index (χ2n) is 6.67. The van der Waals surface area contributed by atoms with Crippen molar-refractivity contribution < 1.29 is 28.2 Å². The highest BCUT2D eigenvalue weighted by atomic mass is 19.3. The quantitative estimate of drug-likeness (QED) is 0.780. The number of aromatic nitrogens is 3. The smallest absolute Gasteiger partial charge is 0.387 e. The lowest BCUT2D eigenvalue weighted by atomic mass is 9.86. The van der Waals surface area contributed by atoms with Crippen molar-refractivity contribution in [1.82, 2.24) is 20.3 Å². The molecule has 1 amide bonds. The molecule has 2 N–H and O–H groups in total. The first kappa shape index (κ1) is 19.7. The summed E-state index contributed by atoms with van der Waals surface area (Å²) < 4.78 is 30.2. The Morgan fingerprint density at radius 3 is 2.43 bits per heavy atom. The number of benzene rings is 1. The van der Waals surface area contributed by atoms with Crippen molar-refractivity contribution in [3.8, 4) is 11.4 Å². The van der Waals surface area contributed by atoms with Gasteiger partial charge in [-0.1, -0.05) is 5.21 Å². The Morgan fingerprint density at radius 2 is 1.86 bits per heavy atom. The molecule has 0 radical (unpaired) electrons. The first-order valence-electron chi connectivity index (χ1n) is 8.86. The van der Waals surface area contributed by atoms with Crippen LogP contribution >= 0.6 is 0 Å². The van der Waals surface area contributed by atoms with E-state index in [1.807, 2.05) is 0 Å². The van der Waals surface area contributed by atoms with Crippen LogP contribution in [-0.4, -0.2) is 44.6 Å². The number of carboxylic acid groups (broad SMARTS) is 1. The number of carboxylic acids is 1. The minimum Gasteiger partial charge on any atom is -0.481 e. The number of ether oxygens (including phenoxy) is 1. The van der Waals surface area contributed by atoms with E-state index in [-0.39, 0.29) is 29.3 Å². The Morgan fingerprint density at radius 1 is 1.21 bits per heavy atom. The molecule has 0 saturated heterocycles. The van der Waals surface area contributed by atoms with Crippen LogP contribution in [0.25, 0.3) is 5.69 Å². The third-order valence-corrected chi connectivity index (χ3v) is 4.83. The number of amides is 1. The number of halogens is 2. The second-order valence-corrected chi connectivity index (χ2v) is 6.67. The molecule has 1 saturated carbocycles. The fourth-order valence-electron chi connectivity index (χ4n) is 3.29. The monoisotopic (exact) mass is 394 g/mol. The summed E-state index contributed by atoms with van der Waals surface area (Å²) in [4.78, 5) is 23.5. The van der Waals surface area contributed by atoms with Crippen molar-refractivity contribution >= 4 is 11.9 Å². The molecule has 1 fully saturated rings. The molecule has 28 heavy (non-hydrogen) atoms. The van der Waals surface area contributed by atoms with Crippen molar-refractivity contribution in [1.29, 1.82) is 0 Å². The number of rotatable bonds is 6. The zero-order chi connectivity index (χ0) is 20.3. The standard InChI is InChI=1S/C18H20F2N4O4/c1-10-15(16(25)21-12-4-2-11(3-5-12)17(26)27)22-23-24(10)13-6-8-14(9-7-13)28-18(19)20/h6-9,11-12,18H,2-5H2,1H3,(H,21,25)(H,26,27). The lowest BCUT2D eigenvalue weighted by Crippen LogP contribution is -2.39. The highest BCUT2D eigenvalue weighted by Gasteiger charge is 2.28. The molecule has 0 bridgehead atoms. The van der Waals surface area contributed by atoms with Crippen molar-refractivity contribution in [2.45, 2.75) is 45.3 Å². The summed E-state index contributed by atoms with van der Waals surface area (Å²) in [6.45, 7) is -1.22. The summed E-state index contributed by atoms with van der Waals surface area (Å²) >= 11 is 0. The van der Waals surface area contributed by atoms with E-state index in [0.717, 1.165) is 0 Å². The van der Waals surface area contributed by atoms with E-state index < -0.39 is 12.6 Å². The molecule has 10 heteroatoms. The summed E-state index contributed by atoms with van der Waals surface area (Å²) in [6, 6.07) is 5.73. The fourth-order valence-corrected chi connectivity index (χ4v) is 3.29. The number of aliphatic carboxylic acids is 1. The van der Waals surface area contributed by atoms with Crippen molar-refractivity contribution in [2.24, 2.45) is 5.92 Å². The highest BCUT2D eigenvalue weighted by molar-refractivity contribution is 5.93. The Hall–Kier alpha value is -3.04. The molecule has 1 aliphatic carbocycles. The summed E-state index contributed by atoms with van der Waals surface area (Å²) in [5, 5.41) is 19.8. The molecule has 0 atom stereocenters. The van der Waals surface area contributed by atoms with E-state index in [9.17, 15) is 18.4 Å². The molecule has 0 spiro atoms. The third-order valence-electron chi connectivity index (χ3n) is 4.83. The van der Waals surface area contributed by atoms with E-state index in [1.165, 1.54) is 28.9 Å². The molecule has 1 heterocycles. The maximum absolute atomic E-state index is 12.5.